The van der Waals surface area contributed by atoms with Crippen LogP contribution in [0.2, 0.25) is 0 Å². The summed E-state index contributed by atoms with van der Waals surface area (Å²) in [6, 6.07) is 8.21. The van der Waals surface area contributed by atoms with E-state index in [0.717, 1.165) is 30.5 Å². The van der Waals surface area contributed by atoms with Gasteiger partial charge in [0.1, 0.15) is 0 Å². The molecule has 0 aromatic heterocycles. The summed E-state index contributed by atoms with van der Waals surface area (Å²) >= 11 is 0. The van der Waals surface area contributed by atoms with E-state index in [1.165, 1.54) is 24.3 Å². The number of halogens is 6. The minimum atomic E-state index is -4.62. The van der Waals surface area contributed by atoms with Gasteiger partial charge in [-0.05, 0) is 54.9 Å². The predicted molar refractivity (Wildman–Crippen MR) is 111 cm³/mol. The van der Waals surface area contributed by atoms with Crippen molar-refractivity contribution in [2.45, 2.75) is 32.2 Å². The molecule has 0 aliphatic heterocycles. The second kappa shape index (κ2) is 9.46. The molecule has 0 saturated carbocycles. The van der Waals surface area contributed by atoms with Crippen molar-refractivity contribution in [3.8, 4) is 0 Å². The average molecular weight is 485 g/mol. The molecule has 1 atom stereocenters. The zero-order valence-electron chi connectivity index (χ0n) is 16.9. The van der Waals surface area contributed by atoms with Crippen molar-refractivity contribution < 1.29 is 34.8 Å². The van der Waals surface area contributed by atoms with E-state index >= 15 is 0 Å². The first-order valence-electron chi connectivity index (χ1n) is 9.17. The lowest BCUT2D eigenvalue weighted by atomic mass is 10.1. The highest BCUT2D eigenvalue weighted by molar-refractivity contribution is 7.88. The van der Waals surface area contributed by atoms with Gasteiger partial charge in [0.25, 0.3) is 0 Å². The van der Waals surface area contributed by atoms with Gasteiger partial charge in [0, 0.05) is 6.04 Å². The highest BCUT2D eigenvalue weighted by atomic mass is 32.2. The van der Waals surface area contributed by atoms with E-state index in [-0.39, 0.29) is 22.7 Å². The van der Waals surface area contributed by atoms with Crippen LogP contribution in [-0.2, 0) is 22.4 Å². The van der Waals surface area contributed by atoms with Crippen LogP contribution in [0.15, 0.2) is 48.5 Å². The van der Waals surface area contributed by atoms with Gasteiger partial charge in [-0.15, -0.1) is 0 Å². The van der Waals surface area contributed by atoms with Crippen LogP contribution in [0.1, 0.15) is 25.0 Å². The molecular weight excluding hydrogens is 463 g/mol. The number of benzene rings is 2. The molecular formula is C20H22F6NO2PS. The molecule has 31 heavy (non-hydrogen) atoms. The van der Waals surface area contributed by atoms with Gasteiger partial charge in [-0.1, -0.05) is 38.1 Å². The fraction of sp³-hybridized carbons (Fsp3) is 0.400. The molecule has 0 aliphatic rings. The maximum absolute atomic E-state index is 13.2. The summed E-state index contributed by atoms with van der Waals surface area (Å²) in [4.78, 5) is 0. The summed E-state index contributed by atoms with van der Waals surface area (Å²) in [6.07, 6.45) is -8.23. The molecule has 172 valence electrons. The van der Waals surface area contributed by atoms with Crippen LogP contribution in [0.5, 0.6) is 0 Å². The van der Waals surface area contributed by atoms with E-state index < -0.39 is 47.5 Å². The summed E-state index contributed by atoms with van der Waals surface area (Å²) in [6.45, 7) is 3.46. The largest absolute Gasteiger partial charge is 0.416 e. The Labute approximate surface area is 178 Å². The van der Waals surface area contributed by atoms with Gasteiger partial charge in [-0.25, -0.2) is 13.1 Å². The third kappa shape index (κ3) is 7.47. The van der Waals surface area contributed by atoms with Crippen LogP contribution in [0.4, 0.5) is 26.3 Å². The van der Waals surface area contributed by atoms with Crippen molar-refractivity contribution in [3.63, 3.8) is 0 Å². The Morgan fingerprint density at radius 3 is 1.61 bits per heavy atom. The number of hydrogen-bond donors (Lipinski definition) is 1. The standard InChI is InChI=1S/C20H22F6NO2PS/c1-13(2)18(27-31(3,28)29)12-30(16-8-4-6-14(10-16)19(21,22)23)17-9-5-7-15(11-17)20(24,25)26/h4-11,13,18,27H,12H2,1-3H3/t18-/m1/s1. The number of nitrogens with one attached hydrogen (secondary N) is 1. The zero-order chi connectivity index (χ0) is 23.6. The molecule has 0 saturated heterocycles. The third-order valence-corrected chi connectivity index (χ3v) is 7.81. The second-order valence-corrected chi connectivity index (χ2v) is 11.5. The van der Waals surface area contributed by atoms with Crippen molar-refractivity contribution in [1.82, 2.24) is 4.72 Å². The molecule has 0 radical (unpaired) electrons. The van der Waals surface area contributed by atoms with Crippen molar-refractivity contribution in [2.75, 3.05) is 12.4 Å². The van der Waals surface area contributed by atoms with Gasteiger partial charge in [-0.3, -0.25) is 0 Å². The van der Waals surface area contributed by atoms with Crippen LogP contribution < -0.4 is 15.3 Å². The average Bonchev–Trinajstić information content (AvgIpc) is 2.63. The van der Waals surface area contributed by atoms with Gasteiger partial charge in [0.05, 0.1) is 17.4 Å². The minimum Gasteiger partial charge on any atom is -0.213 e. The molecule has 0 amide bonds. The number of sulfonamides is 1. The van der Waals surface area contributed by atoms with Crippen LogP contribution in [0.25, 0.3) is 0 Å². The van der Waals surface area contributed by atoms with Crippen molar-refractivity contribution in [3.05, 3.63) is 59.7 Å². The molecule has 2 aromatic rings. The van der Waals surface area contributed by atoms with Crippen molar-refractivity contribution in [1.29, 1.82) is 0 Å². The molecule has 0 unspecified atom stereocenters. The first kappa shape index (κ1) is 25.6. The fourth-order valence-electron chi connectivity index (χ4n) is 2.92. The van der Waals surface area contributed by atoms with Gasteiger partial charge < -0.3 is 0 Å². The highest BCUT2D eigenvalue weighted by Crippen LogP contribution is 2.39. The predicted octanol–water partition coefficient (Wildman–Crippen LogP) is 4.73. The lowest BCUT2D eigenvalue weighted by molar-refractivity contribution is -0.138. The maximum atomic E-state index is 13.2. The quantitative estimate of drug-likeness (QED) is 0.455. The Morgan fingerprint density at radius 1 is 0.871 bits per heavy atom. The summed E-state index contributed by atoms with van der Waals surface area (Å²) in [5.74, 6) is -0.240. The molecule has 2 aromatic carbocycles. The monoisotopic (exact) mass is 485 g/mol. The van der Waals surface area contributed by atoms with E-state index in [1.54, 1.807) is 13.8 Å². The molecule has 0 spiro atoms. The van der Waals surface area contributed by atoms with Crippen LogP contribution in [0, 0.1) is 5.92 Å². The summed E-state index contributed by atoms with van der Waals surface area (Å²) in [5.41, 5.74) is -1.83. The molecule has 0 heterocycles. The molecule has 11 heteroatoms. The summed E-state index contributed by atoms with van der Waals surface area (Å²) in [5, 5.41) is 0.426. The Balaban J connectivity index is 2.60. The summed E-state index contributed by atoms with van der Waals surface area (Å²) in [7, 11) is -5.37. The van der Waals surface area contributed by atoms with E-state index in [1.807, 2.05) is 0 Å². The van der Waals surface area contributed by atoms with Crippen LogP contribution >= 0.6 is 7.92 Å². The van der Waals surface area contributed by atoms with Crippen molar-refractivity contribution >= 4 is 28.6 Å². The maximum Gasteiger partial charge on any atom is 0.416 e. The van der Waals surface area contributed by atoms with E-state index in [4.69, 9.17) is 0 Å². The molecule has 0 fully saturated rings. The first-order valence-corrected chi connectivity index (χ1v) is 12.6. The Kier molecular flexibility index (Phi) is 7.82. The number of hydrogen-bond acceptors (Lipinski definition) is 2. The smallest absolute Gasteiger partial charge is 0.213 e. The van der Waals surface area contributed by atoms with Crippen molar-refractivity contribution in [2.24, 2.45) is 5.92 Å². The Hall–Kier alpha value is -1.64. The Morgan fingerprint density at radius 2 is 1.29 bits per heavy atom. The third-order valence-electron chi connectivity index (χ3n) is 4.52. The molecule has 0 aliphatic carbocycles. The Bertz CT molecular complexity index is 948. The second-order valence-electron chi connectivity index (χ2n) is 7.45. The van der Waals surface area contributed by atoms with E-state index in [9.17, 15) is 34.8 Å². The van der Waals surface area contributed by atoms with Crippen LogP contribution in [-0.4, -0.2) is 26.9 Å². The molecule has 2 rings (SSSR count). The van der Waals surface area contributed by atoms with Gasteiger partial charge in [-0.2, -0.15) is 26.3 Å². The molecule has 3 nitrogen and oxygen atoms in total. The molecule has 1 N–H and O–H groups in total. The SMILES string of the molecule is CC(C)[C@@H](CP(c1cccc(C(F)(F)F)c1)c1cccc(C(F)(F)F)c1)NS(C)(=O)=O. The van der Waals surface area contributed by atoms with Gasteiger partial charge >= 0.3 is 12.4 Å². The van der Waals surface area contributed by atoms with Crippen LogP contribution in [0.3, 0.4) is 0 Å². The highest BCUT2D eigenvalue weighted by Gasteiger charge is 2.34. The zero-order valence-corrected chi connectivity index (χ0v) is 18.6. The van der Waals surface area contributed by atoms with E-state index in [2.05, 4.69) is 4.72 Å². The minimum absolute atomic E-state index is 0.0443. The van der Waals surface area contributed by atoms with Gasteiger partial charge in [0.2, 0.25) is 10.0 Å². The fourth-order valence-corrected chi connectivity index (χ4v) is 6.69. The normalized spacial score (nSPS) is 14.3. The number of rotatable bonds is 7. The molecule has 0 bridgehead atoms. The van der Waals surface area contributed by atoms with E-state index in [0.29, 0.717) is 0 Å². The summed E-state index contributed by atoms with van der Waals surface area (Å²) < 4.78 is 105. The topological polar surface area (TPSA) is 46.2 Å². The number of alkyl halides is 6. The first-order chi connectivity index (χ1) is 14.1. The van der Waals surface area contributed by atoms with Gasteiger partial charge in [0.15, 0.2) is 0 Å². The lowest BCUT2D eigenvalue weighted by Gasteiger charge is -2.28. The lowest BCUT2D eigenvalue weighted by Crippen LogP contribution is -2.41.